The minimum absolute atomic E-state index is 0.138. The van der Waals surface area contributed by atoms with Gasteiger partial charge in [-0.15, -0.1) is 11.8 Å². The Kier molecular flexibility index (Phi) is 7.09. The topological polar surface area (TPSA) is 68.3 Å². The van der Waals surface area contributed by atoms with Crippen LogP contribution in [0.3, 0.4) is 0 Å². The van der Waals surface area contributed by atoms with Gasteiger partial charge in [0.15, 0.2) is 9.84 Å². The van der Waals surface area contributed by atoms with Crippen molar-refractivity contribution in [2.24, 2.45) is 5.92 Å². The van der Waals surface area contributed by atoms with Crippen LogP contribution in [0.4, 0.5) is 4.39 Å². The van der Waals surface area contributed by atoms with Crippen LogP contribution < -0.4 is 10.1 Å². The van der Waals surface area contributed by atoms with Gasteiger partial charge in [-0.05, 0) is 49.2 Å². The van der Waals surface area contributed by atoms with Gasteiger partial charge in [0.1, 0.15) is 5.82 Å². The van der Waals surface area contributed by atoms with Crippen LogP contribution in [0.15, 0.2) is 59.5 Å². The molecular formula is C23H25FN2O3S2. The summed E-state index contributed by atoms with van der Waals surface area (Å²) in [5.41, 5.74) is 1.43. The average Bonchev–Trinajstić information content (AvgIpc) is 3.10. The van der Waals surface area contributed by atoms with Gasteiger partial charge in [-0.25, -0.2) is 17.8 Å². The van der Waals surface area contributed by atoms with Crippen molar-refractivity contribution in [2.75, 3.05) is 30.4 Å². The molecule has 2 aromatic carbocycles. The Morgan fingerprint density at radius 1 is 1.16 bits per heavy atom. The largest absolute Gasteiger partial charge is 0.477 e. The smallest absolute Gasteiger partial charge is 0.218 e. The Labute approximate surface area is 186 Å². The number of thioether (sulfide) groups is 1. The Bertz CT molecular complexity index is 1140. The maximum absolute atomic E-state index is 13.7. The molecule has 0 bridgehead atoms. The van der Waals surface area contributed by atoms with Crippen molar-refractivity contribution in [3.05, 3.63) is 66.0 Å². The number of fused-ring (bicyclic) bond motifs is 1. The molecule has 0 aliphatic carbocycles. The van der Waals surface area contributed by atoms with E-state index < -0.39 is 9.84 Å². The van der Waals surface area contributed by atoms with Gasteiger partial charge >= 0.3 is 0 Å². The van der Waals surface area contributed by atoms with Crippen LogP contribution in [0, 0.1) is 11.7 Å². The van der Waals surface area contributed by atoms with E-state index in [-0.39, 0.29) is 23.2 Å². The van der Waals surface area contributed by atoms with Crippen molar-refractivity contribution in [3.8, 4) is 5.88 Å². The van der Waals surface area contributed by atoms with Gasteiger partial charge in [0, 0.05) is 34.2 Å². The Morgan fingerprint density at radius 2 is 2.00 bits per heavy atom. The zero-order valence-electron chi connectivity index (χ0n) is 17.1. The molecule has 1 N–H and O–H groups in total. The van der Waals surface area contributed by atoms with Crippen LogP contribution in [0.2, 0.25) is 0 Å². The summed E-state index contributed by atoms with van der Waals surface area (Å²) in [6.07, 6.45) is 0.699. The van der Waals surface area contributed by atoms with Gasteiger partial charge in [-0.2, -0.15) is 0 Å². The second kappa shape index (κ2) is 9.97. The van der Waals surface area contributed by atoms with Crippen LogP contribution >= 0.6 is 11.8 Å². The third-order valence-corrected chi connectivity index (χ3v) is 8.04. The number of nitrogens with one attached hydrogen (secondary N) is 1. The third kappa shape index (κ3) is 6.18. The van der Waals surface area contributed by atoms with Gasteiger partial charge in [-0.1, -0.05) is 18.2 Å². The zero-order chi connectivity index (χ0) is 21.7. The van der Waals surface area contributed by atoms with Crippen molar-refractivity contribution in [2.45, 2.75) is 17.9 Å². The molecule has 1 aliphatic rings. The zero-order valence-corrected chi connectivity index (χ0v) is 18.7. The van der Waals surface area contributed by atoms with Crippen LogP contribution in [0.25, 0.3) is 10.9 Å². The molecule has 1 aliphatic heterocycles. The monoisotopic (exact) mass is 460 g/mol. The fourth-order valence-electron chi connectivity index (χ4n) is 3.68. The molecule has 0 unspecified atom stereocenters. The fourth-order valence-corrected chi connectivity index (χ4v) is 6.29. The number of sulfone groups is 1. The summed E-state index contributed by atoms with van der Waals surface area (Å²) < 4.78 is 42.9. The van der Waals surface area contributed by atoms with E-state index in [1.807, 2.05) is 24.3 Å². The Hall–Kier alpha value is -2.16. The summed E-state index contributed by atoms with van der Waals surface area (Å²) in [6, 6.07) is 16.6. The minimum atomic E-state index is -2.88. The van der Waals surface area contributed by atoms with Gasteiger partial charge < -0.3 is 10.1 Å². The predicted molar refractivity (Wildman–Crippen MR) is 123 cm³/mol. The SMILES string of the molecule is O=S1(=O)CC[C@H](CNCc2cc3ccc(F)cc3nc2OCCSc2ccccc2)C1. The molecule has 1 aromatic heterocycles. The summed E-state index contributed by atoms with van der Waals surface area (Å²) in [6.45, 7) is 1.61. The first-order chi connectivity index (χ1) is 15.0. The molecule has 0 amide bonds. The maximum Gasteiger partial charge on any atom is 0.218 e. The first-order valence-electron chi connectivity index (χ1n) is 10.3. The number of ether oxygens (including phenoxy) is 1. The van der Waals surface area contributed by atoms with Crippen molar-refractivity contribution in [1.29, 1.82) is 0 Å². The average molecular weight is 461 g/mol. The van der Waals surface area contributed by atoms with Crippen molar-refractivity contribution in [3.63, 3.8) is 0 Å². The summed E-state index contributed by atoms with van der Waals surface area (Å²) in [5, 5.41) is 4.19. The molecule has 31 heavy (non-hydrogen) atoms. The molecule has 1 fully saturated rings. The Balaban J connectivity index is 1.41. The lowest BCUT2D eigenvalue weighted by Crippen LogP contribution is -2.23. The molecule has 0 spiro atoms. The molecule has 164 valence electrons. The molecule has 3 aromatic rings. The van der Waals surface area contributed by atoms with Crippen LogP contribution in [0.1, 0.15) is 12.0 Å². The summed E-state index contributed by atoms with van der Waals surface area (Å²) in [7, 11) is -2.88. The number of hydrogen-bond donors (Lipinski definition) is 1. The van der Waals surface area contributed by atoms with E-state index in [0.29, 0.717) is 37.5 Å². The molecule has 0 saturated carbocycles. The summed E-state index contributed by atoms with van der Waals surface area (Å²) in [5.74, 6) is 1.57. The lowest BCUT2D eigenvalue weighted by molar-refractivity contribution is 0.326. The highest BCUT2D eigenvalue weighted by Crippen LogP contribution is 2.25. The molecular weight excluding hydrogens is 435 g/mol. The lowest BCUT2D eigenvalue weighted by atomic mass is 10.1. The number of aromatic nitrogens is 1. The molecule has 0 radical (unpaired) electrons. The van der Waals surface area contributed by atoms with Gasteiger partial charge in [0.25, 0.3) is 0 Å². The molecule has 1 saturated heterocycles. The lowest BCUT2D eigenvalue weighted by Gasteiger charge is -2.14. The number of nitrogens with zero attached hydrogens (tertiary/aromatic N) is 1. The van der Waals surface area contributed by atoms with E-state index in [1.54, 1.807) is 17.8 Å². The van der Waals surface area contributed by atoms with Crippen molar-refractivity contribution in [1.82, 2.24) is 10.3 Å². The molecule has 8 heteroatoms. The number of benzene rings is 2. The first kappa shape index (κ1) is 22.0. The molecule has 4 rings (SSSR count). The van der Waals surface area contributed by atoms with E-state index in [9.17, 15) is 12.8 Å². The van der Waals surface area contributed by atoms with E-state index in [1.165, 1.54) is 17.0 Å². The Morgan fingerprint density at radius 3 is 2.77 bits per heavy atom. The number of pyridine rings is 1. The van der Waals surface area contributed by atoms with E-state index in [2.05, 4.69) is 22.4 Å². The molecule has 1 atom stereocenters. The van der Waals surface area contributed by atoms with Crippen LogP contribution in [0.5, 0.6) is 5.88 Å². The molecule has 5 nitrogen and oxygen atoms in total. The third-order valence-electron chi connectivity index (χ3n) is 5.23. The van der Waals surface area contributed by atoms with E-state index >= 15 is 0 Å². The first-order valence-corrected chi connectivity index (χ1v) is 13.1. The van der Waals surface area contributed by atoms with E-state index in [4.69, 9.17) is 4.74 Å². The normalized spacial score (nSPS) is 17.8. The number of hydrogen-bond acceptors (Lipinski definition) is 6. The highest BCUT2D eigenvalue weighted by molar-refractivity contribution is 7.99. The predicted octanol–water partition coefficient (Wildman–Crippen LogP) is 4.07. The summed E-state index contributed by atoms with van der Waals surface area (Å²) >= 11 is 1.70. The van der Waals surface area contributed by atoms with Crippen LogP contribution in [-0.4, -0.2) is 43.8 Å². The summed E-state index contributed by atoms with van der Waals surface area (Å²) in [4.78, 5) is 5.72. The van der Waals surface area contributed by atoms with Gasteiger partial charge in [0.2, 0.25) is 5.88 Å². The van der Waals surface area contributed by atoms with Gasteiger partial charge in [0.05, 0.1) is 23.6 Å². The van der Waals surface area contributed by atoms with Crippen molar-refractivity contribution < 1.29 is 17.5 Å². The minimum Gasteiger partial charge on any atom is -0.477 e. The van der Waals surface area contributed by atoms with E-state index in [0.717, 1.165) is 16.7 Å². The quantitative estimate of drug-likeness (QED) is 0.384. The number of halogens is 1. The maximum atomic E-state index is 13.7. The standard InChI is InChI=1S/C23H25FN2O3S2/c24-20-7-6-18-12-19(15-25-14-17-8-11-31(27,28)16-17)23(26-22(18)13-20)29-9-10-30-21-4-2-1-3-5-21/h1-7,12-13,17,25H,8-11,14-16H2/t17-/m1/s1. The highest BCUT2D eigenvalue weighted by Gasteiger charge is 2.27. The van der Waals surface area contributed by atoms with Crippen molar-refractivity contribution >= 4 is 32.5 Å². The second-order valence-corrected chi connectivity index (χ2v) is 11.1. The van der Waals surface area contributed by atoms with Crippen LogP contribution in [-0.2, 0) is 16.4 Å². The number of rotatable bonds is 9. The highest BCUT2D eigenvalue weighted by atomic mass is 32.2. The fraction of sp³-hybridized carbons (Fsp3) is 0.348. The van der Waals surface area contributed by atoms with Gasteiger partial charge in [-0.3, -0.25) is 0 Å². The second-order valence-electron chi connectivity index (χ2n) is 7.70. The molecule has 2 heterocycles.